The second-order valence-corrected chi connectivity index (χ2v) is 5.71. The minimum atomic E-state index is -4.34. The predicted octanol–water partition coefficient (Wildman–Crippen LogP) is 3.05. The van der Waals surface area contributed by atoms with Crippen molar-refractivity contribution in [2.75, 3.05) is 13.6 Å². The summed E-state index contributed by atoms with van der Waals surface area (Å²) in [6.45, 7) is 0.902. The molecule has 0 bridgehead atoms. The van der Waals surface area contributed by atoms with Crippen molar-refractivity contribution in [1.29, 1.82) is 0 Å². The van der Waals surface area contributed by atoms with Gasteiger partial charge in [0.05, 0.1) is 17.8 Å². The molecule has 0 spiro atoms. The van der Waals surface area contributed by atoms with E-state index in [4.69, 9.17) is 0 Å². The van der Waals surface area contributed by atoms with Crippen molar-refractivity contribution in [3.05, 3.63) is 40.9 Å². The summed E-state index contributed by atoms with van der Waals surface area (Å²) in [5.41, 5.74) is 0.619. The first-order chi connectivity index (χ1) is 10.9. The van der Waals surface area contributed by atoms with Crippen molar-refractivity contribution >= 4 is 17.2 Å². The lowest BCUT2D eigenvalue weighted by Gasteiger charge is -2.06. The summed E-state index contributed by atoms with van der Waals surface area (Å²) >= 11 is 1.33. The zero-order chi connectivity index (χ0) is 16.9. The molecular weight excluding hydrogens is 327 g/mol. The maximum Gasteiger partial charge on any atom is 0.416 e. The highest BCUT2D eigenvalue weighted by Gasteiger charge is 2.30. The number of aromatic nitrogens is 1. The van der Waals surface area contributed by atoms with Gasteiger partial charge in [-0.05, 0) is 19.2 Å². The fraction of sp³-hybridized carbons (Fsp3) is 0.333. The molecule has 4 nitrogen and oxygen atoms in total. The lowest BCUT2D eigenvalue weighted by atomic mass is 10.1. The van der Waals surface area contributed by atoms with Crippen LogP contribution in [0.3, 0.4) is 0 Å². The lowest BCUT2D eigenvalue weighted by Crippen LogP contribution is -2.26. The van der Waals surface area contributed by atoms with Gasteiger partial charge in [-0.3, -0.25) is 4.79 Å². The van der Waals surface area contributed by atoms with E-state index in [-0.39, 0.29) is 5.91 Å². The van der Waals surface area contributed by atoms with Gasteiger partial charge in [-0.25, -0.2) is 4.98 Å². The summed E-state index contributed by atoms with van der Waals surface area (Å²) in [4.78, 5) is 15.8. The molecule has 0 aliphatic heterocycles. The van der Waals surface area contributed by atoms with Crippen molar-refractivity contribution < 1.29 is 18.0 Å². The number of nitrogens with one attached hydrogen (secondary N) is 2. The fourth-order valence-electron chi connectivity index (χ4n) is 1.84. The number of amides is 1. The Balaban J connectivity index is 1.98. The molecule has 8 heteroatoms. The van der Waals surface area contributed by atoms with E-state index in [0.29, 0.717) is 35.8 Å². The van der Waals surface area contributed by atoms with Gasteiger partial charge >= 0.3 is 6.18 Å². The van der Waals surface area contributed by atoms with E-state index in [0.717, 1.165) is 12.1 Å². The Morgan fingerprint density at radius 1 is 1.26 bits per heavy atom. The Bertz CT molecular complexity index is 653. The van der Waals surface area contributed by atoms with Crippen molar-refractivity contribution in [2.45, 2.75) is 19.1 Å². The van der Waals surface area contributed by atoms with Crippen molar-refractivity contribution in [3.8, 4) is 10.6 Å². The number of hydrogen-bond donors (Lipinski definition) is 2. The van der Waals surface area contributed by atoms with Crippen LogP contribution in [0.4, 0.5) is 13.2 Å². The number of benzene rings is 1. The van der Waals surface area contributed by atoms with E-state index in [1.54, 1.807) is 12.4 Å². The number of carbonyl (C=O) groups excluding carboxylic acids is 1. The Morgan fingerprint density at radius 2 is 1.96 bits per heavy atom. The number of rotatable bonds is 6. The quantitative estimate of drug-likeness (QED) is 0.848. The monoisotopic (exact) mass is 343 g/mol. The van der Waals surface area contributed by atoms with Crippen LogP contribution >= 0.6 is 11.3 Å². The van der Waals surface area contributed by atoms with Crippen LogP contribution in [-0.4, -0.2) is 24.5 Å². The average molecular weight is 343 g/mol. The normalized spacial score (nSPS) is 11.5. The van der Waals surface area contributed by atoms with Gasteiger partial charge < -0.3 is 10.6 Å². The van der Waals surface area contributed by atoms with Crippen LogP contribution < -0.4 is 10.6 Å². The smallest absolute Gasteiger partial charge is 0.350 e. The summed E-state index contributed by atoms with van der Waals surface area (Å²) < 4.78 is 37.6. The van der Waals surface area contributed by atoms with Crippen LogP contribution in [0.1, 0.15) is 17.7 Å². The van der Waals surface area contributed by atoms with Gasteiger partial charge in [0.15, 0.2) is 0 Å². The molecule has 23 heavy (non-hydrogen) atoms. The van der Waals surface area contributed by atoms with Crippen molar-refractivity contribution in [1.82, 2.24) is 15.6 Å². The third-order valence-electron chi connectivity index (χ3n) is 3.08. The maximum atomic E-state index is 12.5. The van der Waals surface area contributed by atoms with Crippen LogP contribution in [-0.2, 0) is 17.5 Å². The molecule has 1 aromatic heterocycles. The summed E-state index contributed by atoms with van der Waals surface area (Å²) in [6, 6.07) is 4.87. The van der Waals surface area contributed by atoms with Gasteiger partial charge in [0.25, 0.3) is 0 Å². The Kier molecular flexibility index (Phi) is 5.73. The molecule has 0 radical (unpaired) electrons. The summed E-state index contributed by atoms with van der Waals surface area (Å²) in [6.07, 6.45) is -3.96. The molecule has 0 saturated carbocycles. The number of carbonyl (C=O) groups is 1. The zero-order valence-corrected chi connectivity index (χ0v) is 13.2. The molecule has 1 heterocycles. The molecular formula is C15H16F3N3OS. The van der Waals surface area contributed by atoms with Gasteiger partial charge in [0.1, 0.15) is 5.01 Å². The zero-order valence-electron chi connectivity index (χ0n) is 12.4. The second kappa shape index (κ2) is 7.56. The van der Waals surface area contributed by atoms with Crippen LogP contribution in [0.2, 0.25) is 0 Å². The highest BCUT2D eigenvalue weighted by atomic mass is 32.1. The number of alkyl halides is 3. The van der Waals surface area contributed by atoms with Gasteiger partial charge in [-0.2, -0.15) is 13.2 Å². The van der Waals surface area contributed by atoms with Crippen LogP contribution in [0, 0.1) is 0 Å². The van der Waals surface area contributed by atoms with Crippen molar-refractivity contribution in [2.24, 2.45) is 0 Å². The van der Waals surface area contributed by atoms with E-state index in [9.17, 15) is 18.0 Å². The van der Waals surface area contributed by atoms with Gasteiger partial charge in [-0.1, -0.05) is 12.1 Å². The molecule has 0 unspecified atom stereocenters. The number of nitrogens with zero attached hydrogens (tertiary/aromatic N) is 1. The summed E-state index contributed by atoms with van der Waals surface area (Å²) in [5.74, 6) is -0.0802. The largest absolute Gasteiger partial charge is 0.416 e. The molecule has 0 fully saturated rings. The second-order valence-electron chi connectivity index (χ2n) is 4.85. The molecule has 2 aromatic rings. The Morgan fingerprint density at radius 3 is 2.57 bits per heavy atom. The summed E-state index contributed by atoms with van der Waals surface area (Å²) in [5, 5.41) is 8.03. The minimum Gasteiger partial charge on any atom is -0.350 e. The van der Waals surface area contributed by atoms with Crippen LogP contribution in [0.5, 0.6) is 0 Å². The topological polar surface area (TPSA) is 54.0 Å². The predicted molar refractivity (Wildman–Crippen MR) is 82.9 cm³/mol. The highest BCUT2D eigenvalue weighted by molar-refractivity contribution is 7.13. The number of hydrogen-bond acceptors (Lipinski definition) is 4. The molecule has 2 rings (SSSR count). The average Bonchev–Trinajstić information content (AvgIpc) is 2.99. The molecule has 0 aliphatic carbocycles. The molecule has 2 N–H and O–H groups in total. The molecule has 0 saturated heterocycles. The summed E-state index contributed by atoms with van der Waals surface area (Å²) in [7, 11) is 1.77. The first-order valence-corrected chi connectivity index (χ1v) is 7.81. The molecule has 124 valence electrons. The Labute approximate surface area is 135 Å². The van der Waals surface area contributed by atoms with Gasteiger partial charge in [-0.15, -0.1) is 11.3 Å². The standard InChI is InChI=1S/C15H16F3N3OS/c1-19-7-6-13(22)20-8-12-9-23-14(21-12)10-2-4-11(5-3-10)15(16,17)18/h2-5,9,19H,6-8H2,1H3,(H,20,22). The first kappa shape index (κ1) is 17.4. The van der Waals surface area contributed by atoms with E-state index in [1.807, 2.05) is 0 Å². The Hall–Kier alpha value is -1.93. The van der Waals surface area contributed by atoms with E-state index >= 15 is 0 Å². The molecule has 0 aliphatic rings. The maximum absolute atomic E-state index is 12.5. The SMILES string of the molecule is CNCCC(=O)NCc1csc(-c2ccc(C(F)(F)F)cc2)n1. The van der Waals surface area contributed by atoms with Gasteiger partial charge in [0.2, 0.25) is 5.91 Å². The molecule has 1 amide bonds. The van der Waals surface area contributed by atoms with Crippen LogP contribution in [0.15, 0.2) is 29.6 Å². The fourth-order valence-corrected chi connectivity index (χ4v) is 2.66. The van der Waals surface area contributed by atoms with Crippen LogP contribution in [0.25, 0.3) is 10.6 Å². The van der Waals surface area contributed by atoms with E-state index in [1.165, 1.54) is 23.5 Å². The number of halogens is 3. The van der Waals surface area contributed by atoms with Crippen molar-refractivity contribution in [3.63, 3.8) is 0 Å². The van der Waals surface area contributed by atoms with E-state index in [2.05, 4.69) is 15.6 Å². The third kappa shape index (κ3) is 5.04. The first-order valence-electron chi connectivity index (χ1n) is 6.93. The minimum absolute atomic E-state index is 0.0802. The van der Waals surface area contributed by atoms with E-state index < -0.39 is 11.7 Å². The number of thiazole rings is 1. The third-order valence-corrected chi connectivity index (χ3v) is 4.02. The molecule has 0 atom stereocenters. The lowest BCUT2D eigenvalue weighted by molar-refractivity contribution is -0.137. The van der Waals surface area contributed by atoms with Gasteiger partial charge in [0, 0.05) is 23.9 Å². The molecule has 1 aromatic carbocycles. The highest BCUT2D eigenvalue weighted by Crippen LogP contribution is 2.31.